The lowest BCUT2D eigenvalue weighted by Crippen LogP contribution is -2.06. The number of nitrogen functional groups attached to an aromatic ring is 1. The molecular formula is C18H22N4O3S. The Hall–Kier alpha value is -2.74. The Morgan fingerprint density at radius 3 is 2.38 bits per heavy atom. The van der Waals surface area contributed by atoms with Gasteiger partial charge >= 0.3 is 0 Å². The van der Waals surface area contributed by atoms with E-state index in [1.807, 2.05) is 13.8 Å². The third-order valence-corrected chi connectivity index (χ3v) is 5.57. The number of nitrogens with zero attached hydrogens (tertiary/aromatic N) is 2. The Labute approximate surface area is 153 Å². The third-order valence-electron chi connectivity index (χ3n) is 3.64. The lowest BCUT2D eigenvalue weighted by atomic mass is 10.1. The zero-order valence-corrected chi connectivity index (χ0v) is 15.8. The van der Waals surface area contributed by atoms with Crippen molar-refractivity contribution in [1.82, 2.24) is 0 Å². The molecule has 0 heterocycles. The molecule has 0 bridgehead atoms. The molecule has 2 aromatic rings. The van der Waals surface area contributed by atoms with E-state index in [1.54, 1.807) is 24.3 Å². The number of hydrogen-bond acceptors (Lipinski definition) is 6. The molecular weight excluding hydrogens is 352 g/mol. The van der Waals surface area contributed by atoms with Crippen molar-refractivity contribution in [2.24, 2.45) is 10.2 Å². The number of benzene rings is 2. The summed E-state index contributed by atoms with van der Waals surface area (Å²) in [6.07, 6.45) is 0.562. The van der Waals surface area contributed by atoms with Gasteiger partial charge in [0, 0.05) is 12.6 Å². The van der Waals surface area contributed by atoms with Gasteiger partial charge in [-0.3, -0.25) is 4.79 Å². The summed E-state index contributed by atoms with van der Waals surface area (Å²) in [7, 11) is -3.26. The first kappa shape index (κ1) is 19.6. The van der Waals surface area contributed by atoms with Crippen LogP contribution in [0.3, 0.4) is 0 Å². The van der Waals surface area contributed by atoms with Gasteiger partial charge in [-0.25, -0.2) is 8.42 Å². The molecule has 0 saturated heterocycles. The zero-order chi connectivity index (χ0) is 19.3. The molecule has 0 radical (unpaired) electrons. The number of nitrogens with one attached hydrogen (secondary N) is 1. The molecule has 1 amide bonds. The Kier molecular flexibility index (Phi) is 6.10. The van der Waals surface area contributed by atoms with Crippen molar-refractivity contribution in [3.8, 4) is 0 Å². The molecule has 2 rings (SSSR count). The van der Waals surface area contributed by atoms with Crippen molar-refractivity contribution in [2.75, 3.05) is 16.8 Å². The fourth-order valence-electron chi connectivity index (χ4n) is 2.30. The predicted molar refractivity (Wildman–Crippen MR) is 103 cm³/mol. The van der Waals surface area contributed by atoms with Gasteiger partial charge in [0.25, 0.3) is 0 Å². The predicted octanol–water partition coefficient (Wildman–Crippen LogP) is 4.13. The van der Waals surface area contributed by atoms with E-state index in [-0.39, 0.29) is 16.6 Å². The van der Waals surface area contributed by atoms with Gasteiger partial charge in [0.1, 0.15) is 5.69 Å². The number of amides is 1. The molecule has 26 heavy (non-hydrogen) atoms. The van der Waals surface area contributed by atoms with Gasteiger partial charge in [0.2, 0.25) is 5.91 Å². The highest BCUT2D eigenvalue weighted by atomic mass is 32.2. The van der Waals surface area contributed by atoms with Crippen LogP contribution in [0.15, 0.2) is 51.5 Å². The first-order chi connectivity index (χ1) is 12.2. The number of rotatable bonds is 6. The van der Waals surface area contributed by atoms with Crippen LogP contribution in [0.5, 0.6) is 0 Å². The van der Waals surface area contributed by atoms with Crippen LogP contribution >= 0.6 is 0 Å². The summed E-state index contributed by atoms with van der Waals surface area (Å²) in [5, 5.41) is 11.0. The van der Waals surface area contributed by atoms with Crippen LogP contribution in [0, 0.1) is 6.92 Å². The van der Waals surface area contributed by atoms with Gasteiger partial charge in [0.05, 0.1) is 22.0 Å². The van der Waals surface area contributed by atoms with Crippen molar-refractivity contribution in [3.63, 3.8) is 0 Å². The fourth-order valence-corrected chi connectivity index (χ4v) is 3.62. The van der Waals surface area contributed by atoms with Crippen molar-refractivity contribution in [1.29, 1.82) is 0 Å². The van der Waals surface area contributed by atoms with E-state index in [0.29, 0.717) is 29.2 Å². The summed E-state index contributed by atoms with van der Waals surface area (Å²) in [6.45, 7) is 5.05. The molecule has 0 aromatic heterocycles. The van der Waals surface area contributed by atoms with Gasteiger partial charge in [-0.1, -0.05) is 6.92 Å². The quantitative estimate of drug-likeness (QED) is 0.584. The normalized spacial score (nSPS) is 11.7. The summed E-state index contributed by atoms with van der Waals surface area (Å²) < 4.78 is 24.1. The van der Waals surface area contributed by atoms with Gasteiger partial charge in [0.15, 0.2) is 9.84 Å². The maximum Gasteiger partial charge on any atom is 0.221 e. The maximum atomic E-state index is 12.0. The van der Waals surface area contributed by atoms with E-state index in [4.69, 9.17) is 5.73 Å². The number of carbonyl (C=O) groups excluding carboxylic acids is 1. The molecule has 8 heteroatoms. The summed E-state index contributed by atoms with van der Waals surface area (Å²) in [6, 6.07) is 9.57. The van der Waals surface area contributed by atoms with E-state index >= 15 is 0 Å². The number of anilines is 2. The summed E-state index contributed by atoms with van der Waals surface area (Å²) in [4.78, 5) is 11.6. The van der Waals surface area contributed by atoms with E-state index in [0.717, 1.165) is 5.56 Å². The van der Waals surface area contributed by atoms with Crippen LogP contribution in [0.4, 0.5) is 22.7 Å². The standard InChI is InChI=1S/C18H22N4O3S/c1-4-9-26(24,25)15-7-5-14(6-8-15)21-22-18-10-12(2)16(19)11-17(18)20-13(3)23/h5-8,10-11H,4,9,19H2,1-3H3,(H,20,23). The lowest BCUT2D eigenvalue weighted by Gasteiger charge is -2.09. The molecule has 0 fully saturated rings. The van der Waals surface area contributed by atoms with Crippen LogP contribution in [0.1, 0.15) is 25.8 Å². The molecule has 0 aliphatic carbocycles. The molecule has 7 nitrogen and oxygen atoms in total. The first-order valence-corrected chi connectivity index (χ1v) is 9.80. The molecule has 0 spiro atoms. The minimum Gasteiger partial charge on any atom is -0.398 e. The van der Waals surface area contributed by atoms with E-state index in [2.05, 4.69) is 15.5 Å². The van der Waals surface area contributed by atoms with E-state index in [9.17, 15) is 13.2 Å². The molecule has 0 unspecified atom stereocenters. The Morgan fingerprint density at radius 1 is 1.15 bits per heavy atom. The Morgan fingerprint density at radius 2 is 1.81 bits per heavy atom. The SMILES string of the molecule is CCCS(=O)(=O)c1ccc(N=Nc2cc(C)c(N)cc2NC(C)=O)cc1. The molecule has 0 aliphatic heterocycles. The molecule has 2 aromatic carbocycles. The Bertz CT molecular complexity index is 936. The molecule has 3 N–H and O–H groups in total. The molecule has 0 atom stereocenters. The number of nitrogens with two attached hydrogens (primary N) is 1. The summed E-state index contributed by atoms with van der Waals surface area (Å²) in [5.74, 6) is -0.131. The van der Waals surface area contributed by atoms with Crippen molar-refractivity contribution in [3.05, 3.63) is 42.0 Å². The number of azo groups is 1. The number of carbonyl (C=O) groups is 1. The van der Waals surface area contributed by atoms with Crippen LogP contribution in [-0.4, -0.2) is 20.1 Å². The number of sulfone groups is 1. The minimum atomic E-state index is -3.26. The second kappa shape index (κ2) is 8.09. The van der Waals surface area contributed by atoms with Crippen LogP contribution < -0.4 is 11.1 Å². The average molecular weight is 374 g/mol. The van der Waals surface area contributed by atoms with Crippen molar-refractivity contribution < 1.29 is 13.2 Å². The van der Waals surface area contributed by atoms with Crippen molar-refractivity contribution >= 4 is 38.5 Å². The van der Waals surface area contributed by atoms with E-state index < -0.39 is 9.84 Å². The summed E-state index contributed by atoms with van der Waals surface area (Å²) >= 11 is 0. The Balaban J connectivity index is 2.30. The van der Waals surface area contributed by atoms with Gasteiger partial charge in [-0.05, 0) is 55.3 Å². The van der Waals surface area contributed by atoms with Gasteiger partial charge < -0.3 is 11.1 Å². The lowest BCUT2D eigenvalue weighted by molar-refractivity contribution is -0.114. The number of aryl methyl sites for hydroxylation is 1. The highest BCUT2D eigenvalue weighted by molar-refractivity contribution is 7.91. The van der Waals surface area contributed by atoms with Crippen LogP contribution in [0.25, 0.3) is 0 Å². The largest absolute Gasteiger partial charge is 0.398 e. The first-order valence-electron chi connectivity index (χ1n) is 8.15. The fraction of sp³-hybridized carbons (Fsp3) is 0.278. The monoisotopic (exact) mass is 374 g/mol. The minimum absolute atomic E-state index is 0.110. The topological polar surface area (TPSA) is 114 Å². The van der Waals surface area contributed by atoms with E-state index in [1.165, 1.54) is 19.1 Å². The number of hydrogen-bond donors (Lipinski definition) is 2. The molecule has 138 valence electrons. The van der Waals surface area contributed by atoms with Crippen molar-refractivity contribution in [2.45, 2.75) is 32.1 Å². The smallest absolute Gasteiger partial charge is 0.221 e. The molecule has 0 saturated carbocycles. The second-order valence-corrected chi connectivity index (χ2v) is 8.03. The second-order valence-electron chi connectivity index (χ2n) is 5.92. The zero-order valence-electron chi connectivity index (χ0n) is 15.0. The maximum absolute atomic E-state index is 12.0. The third kappa shape index (κ3) is 4.89. The van der Waals surface area contributed by atoms with Gasteiger partial charge in [-0.2, -0.15) is 5.11 Å². The highest BCUT2D eigenvalue weighted by Gasteiger charge is 2.12. The van der Waals surface area contributed by atoms with Crippen LogP contribution in [0.2, 0.25) is 0 Å². The average Bonchev–Trinajstić information content (AvgIpc) is 2.56. The van der Waals surface area contributed by atoms with Crippen LogP contribution in [-0.2, 0) is 14.6 Å². The molecule has 0 aliphatic rings. The van der Waals surface area contributed by atoms with Gasteiger partial charge in [-0.15, -0.1) is 5.11 Å². The highest BCUT2D eigenvalue weighted by Crippen LogP contribution is 2.31. The summed E-state index contributed by atoms with van der Waals surface area (Å²) in [5.41, 5.74) is 8.66.